The van der Waals surface area contributed by atoms with Crippen LogP contribution in [-0.2, 0) is 46.5 Å². The van der Waals surface area contributed by atoms with E-state index in [1.165, 1.54) is 45.2 Å². The fourth-order valence-corrected chi connectivity index (χ4v) is 7.50. The summed E-state index contributed by atoms with van der Waals surface area (Å²) in [5.74, 6) is -6.66. The minimum absolute atomic E-state index is 0.0146. The maximum Gasteiger partial charge on any atom is 0.248 e. The highest BCUT2D eigenvalue weighted by Crippen LogP contribution is 2.41. The largest absolute Gasteiger partial charge is 0.387 e. The molecule has 19 heteroatoms. The molecule has 2 heterocycles. The lowest BCUT2D eigenvalue weighted by Crippen LogP contribution is -2.58. The number of benzene rings is 2. The van der Waals surface area contributed by atoms with Gasteiger partial charge in [-0.1, -0.05) is 51.1 Å². The zero-order valence-electron chi connectivity index (χ0n) is 38.1. The minimum atomic E-state index is -1.62. The summed E-state index contributed by atoms with van der Waals surface area (Å²) in [7, 11) is 2.64. The van der Waals surface area contributed by atoms with Crippen molar-refractivity contribution in [1.29, 1.82) is 0 Å². The van der Waals surface area contributed by atoms with Gasteiger partial charge >= 0.3 is 0 Å². The third-order valence-electron chi connectivity index (χ3n) is 11.0. The summed E-state index contributed by atoms with van der Waals surface area (Å²) < 4.78 is 31.5. The molecule has 7 N–H and O–H groups in total. The molecule has 2 aromatic carbocycles. The molecule has 7 amide bonds. The summed E-state index contributed by atoms with van der Waals surface area (Å²) in [6, 6.07) is 11.2. The Hall–Kier alpha value is -7.02. The number of hydrogen-bond acceptors (Lipinski definition) is 9. The Morgan fingerprint density at radius 1 is 0.848 bits per heavy atom. The van der Waals surface area contributed by atoms with Crippen molar-refractivity contribution in [3.63, 3.8) is 0 Å². The standard InChI is InChI=1S/C47H59F2N9O8/c1-28(53-40(61)21-30-15-18-52-19-16-30)46(66)56(7)29(2)43(63)55-37(24-39(50)60)45(65)54-36(44(64)51-6)17-20-58(41(62)27-59)42(47(3,4)5)38-22-32(34-23-33(48)13-14-35(34)49)26-57(38)25-31-11-9-8-10-12-31/h8-16,18-19,22-23,26,28-29,36-37,42,59H,17,20-21,24-25,27H2,1-7H3,(H2,50,60)(H,51,64)(H,53,61)(H,54,65)(H,55,63)/t28-,29-,36-,37-,42-/m0/s1. The van der Waals surface area contributed by atoms with Crippen molar-refractivity contribution in [2.45, 2.75) is 90.6 Å². The van der Waals surface area contributed by atoms with Gasteiger partial charge in [0.05, 0.1) is 18.9 Å². The number of carbonyl (C=O) groups is 7. The number of likely N-dealkylation sites (N-methyl/N-ethyl adjacent to an activating group) is 2. The molecule has 4 aromatic rings. The smallest absolute Gasteiger partial charge is 0.248 e. The van der Waals surface area contributed by atoms with E-state index in [4.69, 9.17) is 5.73 Å². The molecular weight excluding hydrogens is 857 g/mol. The van der Waals surface area contributed by atoms with E-state index >= 15 is 4.39 Å². The quantitative estimate of drug-likeness (QED) is 0.0719. The molecule has 0 saturated heterocycles. The van der Waals surface area contributed by atoms with Crippen molar-refractivity contribution in [2.75, 3.05) is 27.2 Å². The number of aliphatic hydroxyl groups excluding tert-OH is 1. The van der Waals surface area contributed by atoms with Crippen LogP contribution < -0.4 is 27.0 Å². The van der Waals surface area contributed by atoms with E-state index in [2.05, 4.69) is 26.3 Å². The molecule has 354 valence electrons. The zero-order chi connectivity index (χ0) is 48.9. The number of amides is 7. The molecule has 0 bridgehead atoms. The molecule has 0 aliphatic heterocycles. The van der Waals surface area contributed by atoms with E-state index in [0.717, 1.165) is 28.7 Å². The highest BCUT2D eigenvalue weighted by Gasteiger charge is 2.39. The molecule has 0 spiro atoms. The third kappa shape index (κ3) is 14.0. The third-order valence-corrected chi connectivity index (χ3v) is 11.0. The van der Waals surface area contributed by atoms with Crippen molar-refractivity contribution >= 4 is 41.4 Å². The summed E-state index contributed by atoms with van der Waals surface area (Å²) in [6.45, 7) is 7.44. The van der Waals surface area contributed by atoms with Gasteiger partial charge in [-0.05, 0) is 73.2 Å². The van der Waals surface area contributed by atoms with E-state index in [1.807, 2.05) is 55.7 Å². The van der Waals surface area contributed by atoms with Crippen molar-refractivity contribution in [3.05, 3.63) is 114 Å². The first-order chi connectivity index (χ1) is 31.1. The second-order valence-electron chi connectivity index (χ2n) is 17.0. The number of nitrogens with one attached hydrogen (secondary N) is 4. The highest BCUT2D eigenvalue weighted by molar-refractivity contribution is 5.97. The Bertz CT molecular complexity index is 2360. The lowest BCUT2D eigenvalue weighted by molar-refractivity contribution is -0.142. The Morgan fingerprint density at radius 2 is 1.50 bits per heavy atom. The van der Waals surface area contributed by atoms with Crippen LogP contribution in [-0.4, -0.2) is 117 Å². The molecule has 2 aromatic heterocycles. The maximum atomic E-state index is 15.2. The van der Waals surface area contributed by atoms with E-state index in [0.29, 0.717) is 16.8 Å². The van der Waals surface area contributed by atoms with Crippen LogP contribution >= 0.6 is 0 Å². The van der Waals surface area contributed by atoms with Crippen LogP contribution in [0.3, 0.4) is 0 Å². The van der Waals surface area contributed by atoms with Gasteiger partial charge in [-0.15, -0.1) is 0 Å². The number of hydrogen-bond donors (Lipinski definition) is 6. The molecule has 4 rings (SSSR count). The molecule has 0 fully saturated rings. The summed E-state index contributed by atoms with van der Waals surface area (Å²) in [4.78, 5) is 99.0. The molecule has 17 nitrogen and oxygen atoms in total. The van der Waals surface area contributed by atoms with Crippen LogP contribution in [0.1, 0.15) is 70.3 Å². The van der Waals surface area contributed by atoms with Gasteiger partial charge in [-0.3, -0.25) is 38.5 Å². The first-order valence-corrected chi connectivity index (χ1v) is 21.3. The molecule has 5 atom stereocenters. The number of primary amides is 1. The highest BCUT2D eigenvalue weighted by atomic mass is 19.1. The van der Waals surface area contributed by atoms with Crippen LogP contribution in [0.4, 0.5) is 8.78 Å². The Morgan fingerprint density at radius 3 is 2.11 bits per heavy atom. The molecule has 0 aliphatic rings. The van der Waals surface area contributed by atoms with Gasteiger partial charge in [0.25, 0.3) is 0 Å². The van der Waals surface area contributed by atoms with Crippen molar-refractivity contribution in [1.82, 2.24) is 40.6 Å². The van der Waals surface area contributed by atoms with Crippen LogP contribution in [0.25, 0.3) is 11.1 Å². The van der Waals surface area contributed by atoms with E-state index in [-0.39, 0.29) is 31.5 Å². The molecule has 0 unspecified atom stereocenters. The van der Waals surface area contributed by atoms with E-state index < -0.39 is 102 Å². The Kier molecular flexibility index (Phi) is 18.2. The van der Waals surface area contributed by atoms with Crippen LogP contribution in [0.5, 0.6) is 0 Å². The van der Waals surface area contributed by atoms with Gasteiger partial charge in [-0.2, -0.15) is 0 Å². The van der Waals surface area contributed by atoms with Gasteiger partial charge in [0.15, 0.2) is 0 Å². The second-order valence-corrected chi connectivity index (χ2v) is 17.0. The predicted octanol–water partition coefficient (Wildman–Crippen LogP) is 2.36. The lowest BCUT2D eigenvalue weighted by atomic mass is 9.82. The zero-order valence-corrected chi connectivity index (χ0v) is 38.1. The first-order valence-electron chi connectivity index (χ1n) is 21.3. The fraction of sp³-hybridized carbons (Fsp3) is 0.404. The number of rotatable bonds is 21. The van der Waals surface area contributed by atoms with Gasteiger partial charge in [0.2, 0.25) is 41.4 Å². The number of pyridine rings is 1. The van der Waals surface area contributed by atoms with Crippen LogP contribution in [0.15, 0.2) is 85.3 Å². The minimum Gasteiger partial charge on any atom is -0.387 e. The normalized spacial score (nSPS) is 13.5. The van der Waals surface area contributed by atoms with Crippen LogP contribution in [0.2, 0.25) is 0 Å². The molecular formula is C47H59F2N9O8. The topological polar surface area (TPSA) is 238 Å². The number of nitrogens with zero attached hydrogens (tertiary/aromatic N) is 4. The second kappa shape index (κ2) is 23.3. The molecule has 0 radical (unpaired) electrons. The van der Waals surface area contributed by atoms with Crippen molar-refractivity contribution < 1.29 is 47.4 Å². The van der Waals surface area contributed by atoms with Gasteiger partial charge < -0.3 is 46.5 Å². The maximum absolute atomic E-state index is 15.2. The number of carbonyl (C=O) groups excluding carboxylic acids is 7. The molecule has 0 aliphatic carbocycles. The van der Waals surface area contributed by atoms with Crippen LogP contribution in [0, 0.1) is 17.0 Å². The fourth-order valence-electron chi connectivity index (χ4n) is 7.50. The molecule has 66 heavy (non-hydrogen) atoms. The van der Waals surface area contributed by atoms with E-state index in [9.17, 15) is 43.1 Å². The van der Waals surface area contributed by atoms with Crippen molar-refractivity contribution in [2.24, 2.45) is 11.1 Å². The SMILES string of the molecule is CNC(=O)[C@H](CCN(C(=O)CO)[C@@H](c1cc(-c2cc(F)ccc2F)cn1Cc1ccccc1)C(C)(C)C)NC(=O)[C@H](CC(N)=O)NC(=O)[C@H](C)N(C)C(=O)[C@H](C)NC(=O)Cc1ccncc1. The monoisotopic (exact) mass is 915 g/mol. The number of nitrogens with two attached hydrogens (primary N) is 1. The average molecular weight is 916 g/mol. The Labute approximate surface area is 382 Å². The number of aromatic nitrogens is 2. The lowest BCUT2D eigenvalue weighted by Gasteiger charge is -2.41. The molecule has 0 saturated carbocycles. The first kappa shape index (κ1) is 51.6. The number of aliphatic hydroxyl groups is 1. The number of halogens is 2. The predicted molar refractivity (Wildman–Crippen MR) is 240 cm³/mol. The van der Waals surface area contributed by atoms with Gasteiger partial charge in [0.1, 0.15) is 42.4 Å². The summed E-state index contributed by atoms with van der Waals surface area (Å²) in [5, 5.41) is 20.4. The van der Waals surface area contributed by atoms with E-state index in [1.54, 1.807) is 24.4 Å². The summed E-state index contributed by atoms with van der Waals surface area (Å²) >= 11 is 0. The van der Waals surface area contributed by atoms with Gasteiger partial charge in [-0.25, -0.2) is 8.78 Å². The Balaban J connectivity index is 1.58. The van der Waals surface area contributed by atoms with Gasteiger partial charge in [0, 0.05) is 62.6 Å². The summed E-state index contributed by atoms with van der Waals surface area (Å²) in [6.07, 6.45) is 3.75. The van der Waals surface area contributed by atoms with Crippen molar-refractivity contribution in [3.8, 4) is 11.1 Å². The average Bonchev–Trinajstić information content (AvgIpc) is 3.68. The summed E-state index contributed by atoms with van der Waals surface area (Å²) in [5.41, 5.74) is 7.01.